The van der Waals surface area contributed by atoms with Crippen molar-refractivity contribution in [1.82, 2.24) is 4.98 Å². The molecule has 0 bridgehead atoms. The van der Waals surface area contributed by atoms with Gasteiger partial charge in [0.2, 0.25) is 0 Å². The average Bonchev–Trinajstić information content (AvgIpc) is 2.35. The standard InChI is InChI=1S/C14H15N3O/c1-9-6-10(2)13(15)7-12(9)14(18)17-11-4-3-5-16-8-11/h3-8H,15H2,1-2H3,(H,17,18). The van der Waals surface area contributed by atoms with Crippen LogP contribution in [0, 0.1) is 13.8 Å². The Bertz CT molecular complexity index is 579. The Hall–Kier alpha value is -2.36. The van der Waals surface area contributed by atoms with Crippen LogP contribution in [0.5, 0.6) is 0 Å². The maximum absolute atomic E-state index is 12.1. The van der Waals surface area contributed by atoms with E-state index in [4.69, 9.17) is 5.73 Å². The molecule has 1 amide bonds. The van der Waals surface area contributed by atoms with Gasteiger partial charge < -0.3 is 11.1 Å². The number of nitrogens with one attached hydrogen (secondary N) is 1. The van der Waals surface area contributed by atoms with Crippen LogP contribution in [-0.4, -0.2) is 10.9 Å². The van der Waals surface area contributed by atoms with Crippen molar-refractivity contribution in [3.63, 3.8) is 0 Å². The van der Waals surface area contributed by atoms with Gasteiger partial charge in [-0.1, -0.05) is 6.07 Å². The number of amides is 1. The molecule has 0 spiro atoms. The van der Waals surface area contributed by atoms with Gasteiger partial charge in [0.25, 0.3) is 5.91 Å². The molecule has 0 aliphatic carbocycles. The van der Waals surface area contributed by atoms with Gasteiger partial charge in [0.15, 0.2) is 0 Å². The number of anilines is 2. The third-order valence-corrected chi connectivity index (χ3v) is 2.78. The minimum atomic E-state index is -0.174. The zero-order chi connectivity index (χ0) is 13.1. The Kier molecular flexibility index (Phi) is 3.28. The lowest BCUT2D eigenvalue weighted by Crippen LogP contribution is -2.14. The van der Waals surface area contributed by atoms with Gasteiger partial charge >= 0.3 is 0 Å². The van der Waals surface area contributed by atoms with Gasteiger partial charge in [0.1, 0.15) is 0 Å². The molecule has 0 saturated heterocycles. The lowest BCUT2D eigenvalue weighted by molar-refractivity contribution is 0.102. The monoisotopic (exact) mass is 241 g/mol. The number of aromatic nitrogens is 1. The van der Waals surface area contributed by atoms with Gasteiger partial charge in [0.05, 0.1) is 11.9 Å². The number of nitrogens with zero attached hydrogens (tertiary/aromatic N) is 1. The molecule has 1 aromatic carbocycles. The summed E-state index contributed by atoms with van der Waals surface area (Å²) in [6.07, 6.45) is 3.26. The van der Waals surface area contributed by atoms with Crippen molar-refractivity contribution in [2.45, 2.75) is 13.8 Å². The largest absolute Gasteiger partial charge is 0.398 e. The van der Waals surface area contributed by atoms with Crippen LogP contribution in [0.3, 0.4) is 0 Å². The molecule has 0 fully saturated rings. The van der Waals surface area contributed by atoms with Crippen molar-refractivity contribution in [3.8, 4) is 0 Å². The Labute approximate surface area is 106 Å². The van der Waals surface area contributed by atoms with Gasteiger partial charge in [-0.15, -0.1) is 0 Å². The van der Waals surface area contributed by atoms with Crippen LogP contribution in [-0.2, 0) is 0 Å². The number of hydrogen-bond donors (Lipinski definition) is 2. The number of nitrogens with two attached hydrogens (primary N) is 1. The molecule has 18 heavy (non-hydrogen) atoms. The Morgan fingerprint density at radius 1 is 1.28 bits per heavy atom. The van der Waals surface area contributed by atoms with Crippen molar-refractivity contribution in [2.75, 3.05) is 11.1 Å². The lowest BCUT2D eigenvalue weighted by atomic mass is 10.0. The summed E-state index contributed by atoms with van der Waals surface area (Å²) >= 11 is 0. The van der Waals surface area contributed by atoms with Crippen molar-refractivity contribution in [3.05, 3.63) is 53.3 Å². The molecule has 1 aromatic heterocycles. The van der Waals surface area contributed by atoms with E-state index >= 15 is 0 Å². The molecular formula is C14H15N3O. The fraction of sp³-hybridized carbons (Fsp3) is 0.143. The second-order valence-corrected chi connectivity index (χ2v) is 4.22. The Morgan fingerprint density at radius 2 is 2.06 bits per heavy atom. The van der Waals surface area contributed by atoms with Crippen LogP contribution in [0.2, 0.25) is 0 Å². The first kappa shape index (κ1) is 12.1. The van der Waals surface area contributed by atoms with Crippen molar-refractivity contribution < 1.29 is 4.79 Å². The van der Waals surface area contributed by atoms with Gasteiger partial charge in [-0.05, 0) is 43.2 Å². The van der Waals surface area contributed by atoms with Crippen molar-refractivity contribution >= 4 is 17.3 Å². The molecular weight excluding hydrogens is 226 g/mol. The summed E-state index contributed by atoms with van der Waals surface area (Å²) in [6, 6.07) is 7.17. The van der Waals surface area contributed by atoms with Crippen LogP contribution < -0.4 is 11.1 Å². The first-order valence-corrected chi connectivity index (χ1v) is 5.66. The third kappa shape index (κ3) is 2.48. The Balaban J connectivity index is 2.27. The predicted octanol–water partition coefficient (Wildman–Crippen LogP) is 2.53. The number of carbonyl (C=O) groups is 1. The predicted molar refractivity (Wildman–Crippen MR) is 72.5 cm³/mol. The van der Waals surface area contributed by atoms with Gasteiger partial charge in [-0.2, -0.15) is 0 Å². The maximum Gasteiger partial charge on any atom is 0.256 e. The quantitative estimate of drug-likeness (QED) is 0.794. The normalized spacial score (nSPS) is 10.1. The molecule has 0 unspecified atom stereocenters. The molecule has 92 valence electrons. The molecule has 3 N–H and O–H groups in total. The highest BCUT2D eigenvalue weighted by atomic mass is 16.1. The fourth-order valence-corrected chi connectivity index (χ4v) is 1.75. The van der Waals surface area contributed by atoms with Crippen LogP contribution >= 0.6 is 0 Å². The molecule has 4 nitrogen and oxygen atoms in total. The van der Waals surface area contributed by atoms with Gasteiger partial charge in [-0.25, -0.2) is 0 Å². The maximum atomic E-state index is 12.1. The molecule has 0 saturated carbocycles. The average molecular weight is 241 g/mol. The summed E-state index contributed by atoms with van der Waals surface area (Å²) in [5, 5.41) is 2.79. The van der Waals surface area contributed by atoms with Crippen LogP contribution in [0.15, 0.2) is 36.7 Å². The molecule has 4 heteroatoms. The molecule has 0 atom stereocenters. The van der Waals surface area contributed by atoms with E-state index in [1.807, 2.05) is 19.9 Å². The summed E-state index contributed by atoms with van der Waals surface area (Å²) in [6.45, 7) is 3.82. The zero-order valence-corrected chi connectivity index (χ0v) is 10.4. The molecule has 2 aromatic rings. The third-order valence-electron chi connectivity index (χ3n) is 2.78. The molecule has 2 rings (SSSR count). The number of hydrogen-bond acceptors (Lipinski definition) is 3. The minimum Gasteiger partial charge on any atom is -0.398 e. The number of nitrogen functional groups attached to an aromatic ring is 1. The highest BCUT2D eigenvalue weighted by Crippen LogP contribution is 2.19. The van der Waals surface area contributed by atoms with E-state index in [0.29, 0.717) is 16.9 Å². The SMILES string of the molecule is Cc1cc(C)c(C(=O)Nc2cccnc2)cc1N. The van der Waals surface area contributed by atoms with E-state index in [0.717, 1.165) is 11.1 Å². The fourth-order valence-electron chi connectivity index (χ4n) is 1.75. The van der Waals surface area contributed by atoms with E-state index in [1.54, 1.807) is 30.6 Å². The molecule has 1 heterocycles. The van der Waals surface area contributed by atoms with Crippen molar-refractivity contribution in [2.24, 2.45) is 0 Å². The summed E-state index contributed by atoms with van der Waals surface area (Å²) in [5.41, 5.74) is 9.59. The number of pyridine rings is 1. The topological polar surface area (TPSA) is 68.0 Å². The first-order valence-electron chi connectivity index (χ1n) is 5.66. The second-order valence-electron chi connectivity index (χ2n) is 4.22. The highest BCUT2D eigenvalue weighted by molar-refractivity contribution is 6.05. The van der Waals surface area contributed by atoms with E-state index < -0.39 is 0 Å². The van der Waals surface area contributed by atoms with E-state index in [2.05, 4.69) is 10.3 Å². The number of benzene rings is 1. The summed E-state index contributed by atoms with van der Waals surface area (Å²) in [7, 11) is 0. The van der Waals surface area contributed by atoms with E-state index in [1.165, 1.54) is 0 Å². The Morgan fingerprint density at radius 3 is 2.72 bits per heavy atom. The number of carbonyl (C=O) groups excluding carboxylic acids is 1. The van der Waals surface area contributed by atoms with E-state index in [-0.39, 0.29) is 5.91 Å². The van der Waals surface area contributed by atoms with Crippen LogP contribution in [0.4, 0.5) is 11.4 Å². The molecule has 0 aliphatic rings. The molecule has 0 aliphatic heterocycles. The zero-order valence-electron chi connectivity index (χ0n) is 10.4. The first-order chi connectivity index (χ1) is 8.58. The van der Waals surface area contributed by atoms with Crippen LogP contribution in [0.25, 0.3) is 0 Å². The highest BCUT2D eigenvalue weighted by Gasteiger charge is 2.11. The molecule has 0 radical (unpaired) electrons. The van der Waals surface area contributed by atoms with Gasteiger partial charge in [0, 0.05) is 17.4 Å². The smallest absolute Gasteiger partial charge is 0.256 e. The minimum absolute atomic E-state index is 0.174. The summed E-state index contributed by atoms with van der Waals surface area (Å²) in [4.78, 5) is 16.1. The summed E-state index contributed by atoms with van der Waals surface area (Å²) < 4.78 is 0. The number of aryl methyl sites for hydroxylation is 2. The van der Waals surface area contributed by atoms with Crippen LogP contribution in [0.1, 0.15) is 21.5 Å². The number of rotatable bonds is 2. The van der Waals surface area contributed by atoms with Crippen molar-refractivity contribution in [1.29, 1.82) is 0 Å². The van der Waals surface area contributed by atoms with Gasteiger partial charge in [-0.3, -0.25) is 9.78 Å². The lowest BCUT2D eigenvalue weighted by Gasteiger charge is -2.10. The van der Waals surface area contributed by atoms with E-state index in [9.17, 15) is 4.79 Å². The second kappa shape index (κ2) is 4.87. The summed E-state index contributed by atoms with van der Waals surface area (Å²) in [5.74, 6) is -0.174.